The van der Waals surface area contributed by atoms with Crippen LogP contribution in [0.2, 0.25) is 5.02 Å². The summed E-state index contributed by atoms with van der Waals surface area (Å²) < 4.78 is 32.9. The Kier molecular flexibility index (Phi) is 12.9. The average Bonchev–Trinajstić information content (AvgIpc) is 3.12. The van der Waals surface area contributed by atoms with Crippen LogP contribution in [0.4, 0.5) is 21.7 Å². The summed E-state index contributed by atoms with van der Waals surface area (Å²) in [5, 5.41) is 12.9. The Morgan fingerprint density at radius 3 is 2.44 bits per heavy atom. The van der Waals surface area contributed by atoms with E-state index < -0.39 is 29.3 Å². The molecule has 0 saturated carbocycles. The van der Waals surface area contributed by atoms with Crippen molar-refractivity contribution in [2.75, 3.05) is 45.1 Å². The molecule has 4 aromatic rings. The predicted molar refractivity (Wildman–Crippen MR) is 198 cm³/mol. The standard InChI is InChI=1S/C37H40ClFN8O5/c1-8-52-36(49)31(41)30(32(21(2)3)44-29-18-42-37(46(4)5)45-34(29)51-7)33(23-11-12-24(17-40)27(39)15-23)43-28-16-25(38)20-47(35(28)48)19-22-9-13-26(50-6)14-10-22/h9-16,18,20-21,33,43H,8,19,41H2,1-7H3/b31-30+,44-32?. The van der Waals surface area contributed by atoms with E-state index in [1.807, 2.05) is 32.0 Å². The fraction of sp³-hybridized carbons (Fsp3) is 0.297. The molecule has 0 spiro atoms. The Bertz CT molecular complexity index is 2090. The number of nitrogens with one attached hydrogen (secondary N) is 1. The number of hydrogen-bond acceptors (Lipinski definition) is 12. The van der Waals surface area contributed by atoms with Gasteiger partial charge in [-0.1, -0.05) is 43.6 Å². The molecule has 13 nitrogen and oxygen atoms in total. The van der Waals surface area contributed by atoms with Gasteiger partial charge in [-0.2, -0.15) is 10.2 Å². The van der Waals surface area contributed by atoms with Crippen molar-refractivity contribution in [3.63, 3.8) is 0 Å². The molecule has 1 atom stereocenters. The van der Waals surface area contributed by atoms with Gasteiger partial charge in [-0.3, -0.25) is 4.79 Å². The number of aromatic nitrogens is 3. The average molecular weight is 731 g/mol. The molecule has 0 bridgehead atoms. The number of nitrogens with two attached hydrogens (primary N) is 1. The molecule has 15 heteroatoms. The van der Waals surface area contributed by atoms with Crippen molar-refractivity contribution in [2.45, 2.75) is 33.4 Å². The molecular formula is C37H40ClFN8O5. The van der Waals surface area contributed by atoms with Crippen LogP contribution in [0.1, 0.15) is 43.5 Å². The SMILES string of the molecule is CCOC(=O)/C(N)=C(/C(=Nc1cnc(N(C)C)nc1OC)C(C)C)C(Nc1cc(Cl)cn(Cc2ccc(OC)cc2)c1=O)c1ccc(C#N)c(F)c1. The number of hydrogen-bond donors (Lipinski definition) is 2. The monoisotopic (exact) mass is 730 g/mol. The molecular weight excluding hydrogens is 691 g/mol. The van der Waals surface area contributed by atoms with Gasteiger partial charge in [0, 0.05) is 25.9 Å². The van der Waals surface area contributed by atoms with Gasteiger partial charge < -0.3 is 34.7 Å². The lowest BCUT2D eigenvalue weighted by atomic mass is 9.87. The second-order valence-corrected chi connectivity index (χ2v) is 12.4. The Morgan fingerprint density at radius 2 is 1.87 bits per heavy atom. The van der Waals surface area contributed by atoms with E-state index >= 15 is 4.39 Å². The Morgan fingerprint density at radius 1 is 1.15 bits per heavy atom. The van der Waals surface area contributed by atoms with E-state index in [-0.39, 0.29) is 63.5 Å². The first-order valence-corrected chi connectivity index (χ1v) is 16.5. The lowest BCUT2D eigenvalue weighted by Crippen LogP contribution is -2.32. The number of pyridine rings is 1. The van der Waals surface area contributed by atoms with Crippen LogP contribution in [0.15, 0.2) is 82.0 Å². The van der Waals surface area contributed by atoms with Crippen LogP contribution in [0.25, 0.3) is 0 Å². The van der Waals surface area contributed by atoms with Crippen LogP contribution in [0.3, 0.4) is 0 Å². The van der Waals surface area contributed by atoms with Gasteiger partial charge in [0.15, 0.2) is 0 Å². The van der Waals surface area contributed by atoms with Crippen LogP contribution in [-0.4, -0.2) is 61.1 Å². The van der Waals surface area contributed by atoms with E-state index in [9.17, 15) is 14.9 Å². The maximum atomic E-state index is 15.4. The highest BCUT2D eigenvalue weighted by molar-refractivity contribution is 6.30. The van der Waals surface area contributed by atoms with Gasteiger partial charge in [0.05, 0.1) is 55.9 Å². The van der Waals surface area contributed by atoms with Gasteiger partial charge in [-0.05, 0) is 54.3 Å². The number of carbonyl (C=O) groups is 1. The van der Waals surface area contributed by atoms with Gasteiger partial charge in [0.25, 0.3) is 5.56 Å². The zero-order valence-electron chi connectivity index (χ0n) is 29.9. The molecule has 0 saturated heterocycles. The molecule has 0 radical (unpaired) electrons. The highest BCUT2D eigenvalue weighted by Crippen LogP contribution is 2.35. The summed E-state index contributed by atoms with van der Waals surface area (Å²) in [6, 6.07) is 13.1. The van der Waals surface area contributed by atoms with Crippen molar-refractivity contribution in [1.82, 2.24) is 14.5 Å². The first-order valence-electron chi connectivity index (χ1n) is 16.1. The molecule has 2 heterocycles. The highest BCUT2D eigenvalue weighted by atomic mass is 35.5. The van der Waals surface area contributed by atoms with Gasteiger partial charge in [-0.15, -0.1) is 0 Å². The maximum Gasteiger partial charge on any atom is 0.354 e. The van der Waals surface area contributed by atoms with Crippen molar-refractivity contribution >= 4 is 40.6 Å². The molecule has 2 aromatic heterocycles. The van der Waals surface area contributed by atoms with Crippen LogP contribution in [-0.2, 0) is 16.1 Å². The highest BCUT2D eigenvalue weighted by Gasteiger charge is 2.31. The fourth-order valence-electron chi connectivity index (χ4n) is 5.21. The van der Waals surface area contributed by atoms with Gasteiger partial charge in [-0.25, -0.2) is 19.2 Å². The zero-order chi connectivity index (χ0) is 38.1. The number of carbonyl (C=O) groups excluding carboxylic acids is 1. The predicted octanol–water partition coefficient (Wildman–Crippen LogP) is 5.79. The molecule has 0 fully saturated rings. The number of nitrogens with zero attached hydrogens (tertiary/aromatic N) is 6. The van der Waals surface area contributed by atoms with E-state index in [0.717, 1.165) is 11.6 Å². The lowest BCUT2D eigenvalue weighted by molar-refractivity contribution is -0.138. The molecule has 1 unspecified atom stereocenters. The van der Waals surface area contributed by atoms with Crippen molar-refractivity contribution in [3.8, 4) is 17.7 Å². The number of benzene rings is 2. The van der Waals surface area contributed by atoms with Gasteiger partial charge in [0.2, 0.25) is 11.8 Å². The van der Waals surface area contributed by atoms with E-state index in [1.54, 1.807) is 45.2 Å². The summed E-state index contributed by atoms with van der Waals surface area (Å²) in [7, 11) is 6.53. The first-order chi connectivity index (χ1) is 24.8. The van der Waals surface area contributed by atoms with E-state index in [2.05, 4.69) is 15.3 Å². The maximum absolute atomic E-state index is 15.4. The topological polar surface area (TPSA) is 170 Å². The molecule has 52 heavy (non-hydrogen) atoms. The van der Waals surface area contributed by atoms with E-state index in [0.29, 0.717) is 11.7 Å². The van der Waals surface area contributed by atoms with Crippen LogP contribution >= 0.6 is 11.6 Å². The third-order valence-corrected chi connectivity index (χ3v) is 7.97. The van der Waals surface area contributed by atoms with Crippen LogP contribution in [0.5, 0.6) is 11.6 Å². The minimum absolute atomic E-state index is 0.00256. The number of esters is 1. The second kappa shape index (κ2) is 17.3. The molecule has 2 aromatic carbocycles. The van der Waals surface area contributed by atoms with Crippen LogP contribution < -0.4 is 31.0 Å². The lowest BCUT2D eigenvalue weighted by Gasteiger charge is -2.28. The summed E-state index contributed by atoms with van der Waals surface area (Å²) in [5.41, 5.74) is 7.10. The summed E-state index contributed by atoms with van der Waals surface area (Å²) in [6.07, 6.45) is 2.95. The molecule has 3 N–H and O–H groups in total. The molecule has 272 valence electrons. The van der Waals surface area contributed by atoms with Crippen molar-refractivity contribution in [3.05, 3.63) is 110 Å². The minimum atomic E-state index is -1.22. The smallest absolute Gasteiger partial charge is 0.354 e. The Balaban J connectivity index is 2.01. The van der Waals surface area contributed by atoms with Gasteiger partial charge >= 0.3 is 5.97 Å². The van der Waals surface area contributed by atoms with Crippen molar-refractivity contribution in [1.29, 1.82) is 5.26 Å². The number of aliphatic imine (C=N–C) groups is 1. The number of nitriles is 1. The summed E-state index contributed by atoms with van der Waals surface area (Å²) >= 11 is 6.57. The molecule has 0 aliphatic heterocycles. The largest absolute Gasteiger partial charge is 0.497 e. The number of halogens is 2. The van der Waals surface area contributed by atoms with Gasteiger partial charge in [0.1, 0.15) is 34.7 Å². The third-order valence-electron chi connectivity index (χ3n) is 7.77. The fourth-order valence-corrected chi connectivity index (χ4v) is 5.44. The molecule has 0 aliphatic carbocycles. The number of rotatable bonds is 14. The molecule has 4 rings (SSSR count). The number of anilines is 2. The Labute approximate surface area is 306 Å². The van der Waals surface area contributed by atoms with Crippen molar-refractivity contribution in [2.24, 2.45) is 16.6 Å². The second-order valence-electron chi connectivity index (χ2n) is 11.9. The van der Waals surface area contributed by atoms with E-state index in [1.165, 1.54) is 42.3 Å². The number of ether oxygens (including phenoxy) is 3. The molecule has 0 amide bonds. The van der Waals surface area contributed by atoms with Crippen molar-refractivity contribution < 1.29 is 23.4 Å². The third kappa shape index (κ3) is 9.04. The summed E-state index contributed by atoms with van der Waals surface area (Å²) in [4.78, 5) is 42.9. The van der Waals surface area contributed by atoms with E-state index in [4.69, 9.17) is 36.5 Å². The minimum Gasteiger partial charge on any atom is -0.497 e. The molecule has 0 aliphatic rings. The normalized spacial score (nSPS) is 12.4. The quantitative estimate of drug-likeness (QED) is 0.0914. The summed E-state index contributed by atoms with van der Waals surface area (Å²) in [5.74, 6) is -0.998. The number of methoxy groups -OCH3 is 2. The first kappa shape index (κ1) is 38.9. The van der Waals surface area contributed by atoms with Crippen LogP contribution in [0, 0.1) is 23.1 Å². The summed E-state index contributed by atoms with van der Waals surface area (Å²) in [6.45, 7) is 5.42. The Hall–Kier alpha value is -5.94. The zero-order valence-corrected chi connectivity index (χ0v) is 30.7.